The third-order valence-electron chi connectivity index (χ3n) is 10.1. The van der Waals surface area contributed by atoms with E-state index in [1.165, 1.54) is 55.3 Å². The van der Waals surface area contributed by atoms with Gasteiger partial charge in [0.15, 0.2) is 0 Å². The minimum Gasteiger partial charge on any atom is -0.271 e. The van der Waals surface area contributed by atoms with E-state index >= 15 is 0 Å². The molecule has 2 unspecified atom stereocenters. The summed E-state index contributed by atoms with van der Waals surface area (Å²) in [6.07, 6.45) is 21.0. The fourth-order valence-corrected chi connectivity index (χ4v) is 7.62. The molecule has 2 aliphatic carbocycles. The van der Waals surface area contributed by atoms with E-state index in [1.54, 1.807) is 0 Å². The Morgan fingerprint density at radius 3 is 2.20 bits per heavy atom. The summed E-state index contributed by atoms with van der Waals surface area (Å²) >= 11 is 0. The van der Waals surface area contributed by atoms with Crippen LogP contribution >= 0.6 is 0 Å². The van der Waals surface area contributed by atoms with Crippen LogP contribution in [0.15, 0.2) is 185 Å². The maximum absolute atomic E-state index is 5.64. The lowest BCUT2D eigenvalue weighted by Gasteiger charge is -2.20. The van der Waals surface area contributed by atoms with E-state index in [0.717, 1.165) is 41.9 Å². The monoisotopic (exact) mass is 628 g/mol. The highest BCUT2D eigenvalue weighted by atomic mass is 14.9. The zero-order valence-electron chi connectivity index (χ0n) is 27.3. The summed E-state index contributed by atoms with van der Waals surface area (Å²) in [6.45, 7) is 0. The number of rotatable bonds is 4. The van der Waals surface area contributed by atoms with Gasteiger partial charge in [0.05, 0.1) is 11.4 Å². The van der Waals surface area contributed by atoms with E-state index in [-0.39, 0.29) is 12.0 Å². The molecule has 2 bridgehead atoms. The summed E-state index contributed by atoms with van der Waals surface area (Å²) in [7, 11) is 0. The van der Waals surface area contributed by atoms with Crippen LogP contribution in [0.25, 0.3) is 28.5 Å². The second-order valence-electron chi connectivity index (χ2n) is 13.2. The number of nitrogens with zero attached hydrogens (tertiary/aromatic N) is 2. The van der Waals surface area contributed by atoms with Gasteiger partial charge in [-0.05, 0) is 98.9 Å². The average molecular weight is 629 g/mol. The third-order valence-corrected chi connectivity index (χ3v) is 10.1. The molecule has 2 heterocycles. The van der Waals surface area contributed by atoms with Crippen LogP contribution in [0.4, 0.5) is 0 Å². The van der Waals surface area contributed by atoms with Crippen molar-refractivity contribution >= 4 is 39.9 Å². The van der Waals surface area contributed by atoms with Crippen LogP contribution < -0.4 is 0 Å². The Kier molecular flexibility index (Phi) is 7.55. The van der Waals surface area contributed by atoms with Gasteiger partial charge in [0.2, 0.25) is 0 Å². The predicted octanol–water partition coefficient (Wildman–Crippen LogP) is 11.3. The lowest BCUT2D eigenvalue weighted by Crippen LogP contribution is -2.12. The number of allylic oxidation sites excluding steroid dienone is 8. The maximum Gasteiger partial charge on any atom is 0.112 e. The van der Waals surface area contributed by atoms with E-state index < -0.39 is 0 Å². The molecule has 0 radical (unpaired) electrons. The molecule has 49 heavy (non-hydrogen) atoms. The molecule has 0 saturated heterocycles. The smallest absolute Gasteiger partial charge is 0.112 e. The zero-order chi connectivity index (χ0) is 32.6. The van der Waals surface area contributed by atoms with Crippen LogP contribution in [0.5, 0.6) is 0 Å². The summed E-state index contributed by atoms with van der Waals surface area (Å²) in [5, 5.41) is 2.44. The van der Waals surface area contributed by atoms with Crippen LogP contribution in [-0.2, 0) is 0 Å². The van der Waals surface area contributed by atoms with Crippen LogP contribution in [-0.4, -0.2) is 17.5 Å². The lowest BCUT2D eigenvalue weighted by molar-refractivity contribution is 0.738. The molecule has 2 atom stereocenters. The van der Waals surface area contributed by atoms with Crippen molar-refractivity contribution in [1.82, 2.24) is 0 Å². The Morgan fingerprint density at radius 1 is 0.592 bits per heavy atom. The van der Waals surface area contributed by atoms with Gasteiger partial charge in [-0.2, -0.15) is 0 Å². The van der Waals surface area contributed by atoms with Gasteiger partial charge in [-0.1, -0.05) is 146 Å². The summed E-state index contributed by atoms with van der Waals surface area (Å²) in [4.78, 5) is 11.3. The van der Waals surface area contributed by atoms with Crippen LogP contribution in [0.2, 0.25) is 0 Å². The van der Waals surface area contributed by atoms with Gasteiger partial charge < -0.3 is 0 Å². The first-order valence-corrected chi connectivity index (χ1v) is 17.4. The molecule has 2 heteroatoms. The van der Waals surface area contributed by atoms with Gasteiger partial charge in [-0.25, -0.2) is 0 Å². The second-order valence-corrected chi connectivity index (χ2v) is 13.2. The highest BCUT2D eigenvalue weighted by molar-refractivity contribution is 6.16. The first-order chi connectivity index (χ1) is 24.3. The quantitative estimate of drug-likeness (QED) is 0.189. The van der Waals surface area contributed by atoms with Gasteiger partial charge in [0.25, 0.3) is 0 Å². The molecular formula is C47H36N2. The van der Waals surface area contributed by atoms with Crippen molar-refractivity contribution < 1.29 is 0 Å². The highest BCUT2D eigenvalue weighted by Crippen LogP contribution is 2.42. The van der Waals surface area contributed by atoms with Crippen LogP contribution in [0.3, 0.4) is 0 Å². The van der Waals surface area contributed by atoms with Crippen molar-refractivity contribution in [2.45, 2.75) is 31.2 Å². The first kappa shape index (κ1) is 29.3. The standard InChI is InChI=1S/C47H36N2/c1-4-12-32-20-22-39(28-36(32)18-9-1)44-27-26-41(34-14-5-2-6-15-34)42-25-24-38-30-46(47(42)49-44)48-45(31-43(38)35-16-7-3-8-17-35)40-23-21-33-13-10-11-19-37(33)29-40/h2-25,28-31,41,46H,1,26-27H2. The molecule has 0 amide bonds. The Bertz CT molecular complexity index is 2340. The molecule has 0 saturated carbocycles. The first-order valence-electron chi connectivity index (χ1n) is 17.4. The molecule has 9 rings (SSSR count). The third kappa shape index (κ3) is 5.70. The molecule has 0 spiro atoms. The van der Waals surface area contributed by atoms with E-state index in [9.17, 15) is 0 Å². The Morgan fingerprint density at radius 2 is 1.35 bits per heavy atom. The zero-order valence-corrected chi connectivity index (χ0v) is 27.3. The summed E-state index contributed by atoms with van der Waals surface area (Å²) < 4.78 is 0. The average Bonchev–Trinajstić information content (AvgIpc) is 3.66. The largest absolute Gasteiger partial charge is 0.271 e. The van der Waals surface area contributed by atoms with Crippen molar-refractivity contribution in [2.75, 3.05) is 0 Å². The van der Waals surface area contributed by atoms with E-state index in [0.29, 0.717) is 0 Å². The molecule has 5 aromatic carbocycles. The summed E-state index contributed by atoms with van der Waals surface area (Å²) in [5.74, 6) is 0.204. The molecule has 0 aromatic heterocycles. The Labute approximate surface area is 288 Å². The molecule has 2 aliphatic heterocycles. The molecule has 0 fully saturated rings. The summed E-state index contributed by atoms with van der Waals surface area (Å²) in [5.41, 5.74) is 14.1. The predicted molar refractivity (Wildman–Crippen MR) is 207 cm³/mol. The van der Waals surface area contributed by atoms with Crippen molar-refractivity contribution in [3.05, 3.63) is 208 Å². The van der Waals surface area contributed by atoms with Crippen molar-refractivity contribution in [3.63, 3.8) is 0 Å². The fourth-order valence-electron chi connectivity index (χ4n) is 7.62. The van der Waals surface area contributed by atoms with Gasteiger partial charge in [0, 0.05) is 17.2 Å². The molecular weight excluding hydrogens is 593 g/mol. The Balaban J connectivity index is 1.25. The number of aliphatic imine (C=N–C) groups is 2. The molecule has 0 N–H and O–H groups in total. The van der Waals surface area contributed by atoms with Gasteiger partial charge in [0.1, 0.15) is 6.04 Å². The number of benzene rings is 5. The van der Waals surface area contributed by atoms with Crippen LogP contribution in [0.1, 0.15) is 58.6 Å². The molecule has 234 valence electrons. The Hall–Kier alpha value is -5.86. The molecule has 5 aromatic rings. The lowest BCUT2D eigenvalue weighted by atomic mass is 9.84. The van der Waals surface area contributed by atoms with E-state index in [1.807, 2.05) is 0 Å². The number of hydrogen-bond acceptors (Lipinski definition) is 2. The summed E-state index contributed by atoms with van der Waals surface area (Å²) in [6, 6.07) is 43.5. The number of fused-ring (bicyclic) bond motifs is 4. The van der Waals surface area contributed by atoms with E-state index in [4.69, 9.17) is 9.98 Å². The second kappa shape index (κ2) is 12.6. The fraction of sp³-hybridized carbons (Fsp3) is 0.106. The molecule has 2 nitrogen and oxygen atoms in total. The van der Waals surface area contributed by atoms with Gasteiger partial charge >= 0.3 is 0 Å². The van der Waals surface area contributed by atoms with Crippen LogP contribution in [0, 0.1) is 0 Å². The topological polar surface area (TPSA) is 24.7 Å². The number of hydrogen-bond donors (Lipinski definition) is 0. The van der Waals surface area contributed by atoms with Crippen molar-refractivity contribution in [2.24, 2.45) is 9.98 Å². The molecule has 4 aliphatic rings. The highest BCUT2D eigenvalue weighted by Gasteiger charge is 2.30. The maximum atomic E-state index is 5.64. The van der Waals surface area contributed by atoms with Crippen molar-refractivity contribution in [3.8, 4) is 0 Å². The minimum atomic E-state index is -0.248. The van der Waals surface area contributed by atoms with E-state index in [2.05, 4.69) is 170 Å². The SMILES string of the molecule is C1=Cc2ccc(C3=NC4=C(C=CC5=CC4N=C(c4ccc6ccccc6c4)C=C5c4ccccc4)C(c4ccccc4)CC3)cc2C=CC1. The van der Waals surface area contributed by atoms with Crippen molar-refractivity contribution in [1.29, 1.82) is 0 Å². The normalized spacial score (nSPS) is 19.8. The van der Waals surface area contributed by atoms with Gasteiger partial charge in [-0.3, -0.25) is 9.98 Å². The van der Waals surface area contributed by atoms with Gasteiger partial charge in [-0.15, -0.1) is 0 Å². The minimum absolute atomic E-state index is 0.204.